The summed E-state index contributed by atoms with van der Waals surface area (Å²) in [4.78, 5) is 6.67. The Bertz CT molecular complexity index is 542. The van der Waals surface area contributed by atoms with Crippen LogP contribution < -0.4 is 14.8 Å². The average Bonchev–Trinajstić information content (AvgIpc) is 3.04. The molecule has 2 rings (SSSR count). The molecule has 0 saturated carbocycles. The van der Waals surface area contributed by atoms with Crippen molar-refractivity contribution in [2.45, 2.75) is 19.4 Å². The zero-order valence-corrected chi connectivity index (χ0v) is 17.9. The molecule has 6 nitrogen and oxygen atoms in total. The van der Waals surface area contributed by atoms with Gasteiger partial charge in [0.05, 0.1) is 20.3 Å². The van der Waals surface area contributed by atoms with Gasteiger partial charge in [0.2, 0.25) is 0 Å². The van der Waals surface area contributed by atoms with Crippen molar-refractivity contribution in [3.63, 3.8) is 0 Å². The van der Waals surface area contributed by atoms with Gasteiger partial charge in [-0.05, 0) is 25.5 Å². The lowest BCUT2D eigenvalue weighted by atomic mass is 10.1. The summed E-state index contributed by atoms with van der Waals surface area (Å²) in [5, 5.41) is 3.40. The molecule has 1 saturated heterocycles. The maximum Gasteiger partial charge on any atom is 0.193 e. The molecule has 2 atom stereocenters. The summed E-state index contributed by atoms with van der Waals surface area (Å²) in [6.07, 6.45) is 1.16. The minimum absolute atomic E-state index is 0. The first-order valence-electron chi connectivity index (χ1n) is 8.41. The lowest BCUT2D eigenvalue weighted by Gasteiger charge is -2.23. The Morgan fingerprint density at radius 3 is 2.80 bits per heavy atom. The summed E-state index contributed by atoms with van der Waals surface area (Å²) >= 11 is 0. The molecule has 0 aliphatic carbocycles. The van der Waals surface area contributed by atoms with E-state index in [2.05, 4.69) is 15.2 Å². The zero-order chi connectivity index (χ0) is 17.4. The van der Waals surface area contributed by atoms with Crippen molar-refractivity contribution in [1.29, 1.82) is 0 Å². The van der Waals surface area contributed by atoms with Gasteiger partial charge in [-0.15, -0.1) is 24.0 Å². The maximum absolute atomic E-state index is 5.94. The highest BCUT2D eigenvalue weighted by Gasteiger charge is 2.24. The number of hydrogen-bond acceptors (Lipinski definition) is 4. The largest absolute Gasteiger partial charge is 0.497 e. The van der Waals surface area contributed by atoms with Gasteiger partial charge < -0.3 is 24.4 Å². The molecule has 142 valence electrons. The van der Waals surface area contributed by atoms with Crippen LogP contribution in [0.4, 0.5) is 0 Å². The van der Waals surface area contributed by atoms with Crippen LogP contribution in [0.5, 0.6) is 11.5 Å². The van der Waals surface area contributed by atoms with Crippen molar-refractivity contribution in [2.24, 2.45) is 10.9 Å². The quantitative estimate of drug-likeness (QED) is 0.383. The van der Waals surface area contributed by atoms with Crippen LogP contribution in [0, 0.1) is 5.92 Å². The molecule has 1 aliphatic heterocycles. The van der Waals surface area contributed by atoms with Crippen LogP contribution in [0.3, 0.4) is 0 Å². The van der Waals surface area contributed by atoms with E-state index in [0.717, 1.165) is 43.6 Å². The second-order valence-electron chi connectivity index (χ2n) is 6.09. The summed E-state index contributed by atoms with van der Waals surface area (Å²) in [6.45, 7) is 5.53. The van der Waals surface area contributed by atoms with Gasteiger partial charge in [0.1, 0.15) is 17.6 Å². The third kappa shape index (κ3) is 6.89. The third-order valence-corrected chi connectivity index (χ3v) is 4.13. The fourth-order valence-electron chi connectivity index (χ4n) is 2.91. The summed E-state index contributed by atoms with van der Waals surface area (Å²) in [6, 6.07) is 7.65. The molecular formula is C18H30IN3O3. The molecule has 1 N–H and O–H groups in total. The van der Waals surface area contributed by atoms with Crippen molar-refractivity contribution < 1.29 is 14.2 Å². The van der Waals surface area contributed by atoms with E-state index in [-0.39, 0.29) is 30.1 Å². The molecule has 1 aromatic rings. The van der Waals surface area contributed by atoms with E-state index in [9.17, 15) is 0 Å². The molecule has 1 aromatic carbocycles. The first-order chi connectivity index (χ1) is 11.7. The van der Waals surface area contributed by atoms with Crippen molar-refractivity contribution in [3.8, 4) is 11.5 Å². The predicted octanol–water partition coefficient (Wildman–Crippen LogP) is 2.62. The van der Waals surface area contributed by atoms with Gasteiger partial charge in [0.25, 0.3) is 0 Å². The van der Waals surface area contributed by atoms with Gasteiger partial charge in [-0.3, -0.25) is 4.99 Å². The Kier molecular flexibility index (Phi) is 9.96. The Morgan fingerprint density at radius 2 is 2.12 bits per heavy atom. The summed E-state index contributed by atoms with van der Waals surface area (Å²) in [7, 11) is 5.23. The second kappa shape index (κ2) is 11.4. The lowest BCUT2D eigenvalue weighted by molar-refractivity contribution is 0.157. The molecule has 0 amide bonds. The number of nitrogens with zero attached hydrogens (tertiary/aromatic N) is 2. The summed E-state index contributed by atoms with van der Waals surface area (Å²) in [5.41, 5.74) is 0. The van der Waals surface area contributed by atoms with E-state index >= 15 is 0 Å². The lowest BCUT2D eigenvalue weighted by Crippen LogP contribution is -2.43. The number of ether oxygens (including phenoxy) is 3. The van der Waals surface area contributed by atoms with Crippen molar-refractivity contribution >= 4 is 29.9 Å². The highest BCUT2D eigenvalue weighted by Crippen LogP contribution is 2.20. The first kappa shape index (κ1) is 21.8. The average molecular weight is 463 g/mol. The highest BCUT2D eigenvalue weighted by molar-refractivity contribution is 14.0. The van der Waals surface area contributed by atoms with Gasteiger partial charge in [-0.2, -0.15) is 0 Å². The Hall–Kier alpha value is -1.22. The number of rotatable bonds is 7. The van der Waals surface area contributed by atoms with Crippen LogP contribution in [-0.2, 0) is 4.74 Å². The Balaban J connectivity index is 0.00000312. The molecule has 0 radical (unpaired) electrons. The first-order valence-corrected chi connectivity index (χ1v) is 8.41. The normalized spacial score (nSPS) is 18.5. The third-order valence-electron chi connectivity index (χ3n) is 4.13. The number of halogens is 1. The predicted molar refractivity (Wildman–Crippen MR) is 111 cm³/mol. The van der Waals surface area contributed by atoms with Crippen LogP contribution in [0.1, 0.15) is 13.3 Å². The topological polar surface area (TPSA) is 55.3 Å². The molecule has 2 unspecified atom stereocenters. The fraction of sp³-hybridized carbons (Fsp3) is 0.611. The van der Waals surface area contributed by atoms with Gasteiger partial charge in [0, 0.05) is 39.2 Å². The van der Waals surface area contributed by atoms with Gasteiger partial charge >= 0.3 is 0 Å². The zero-order valence-electron chi connectivity index (χ0n) is 15.5. The van der Waals surface area contributed by atoms with Crippen molar-refractivity contribution in [2.75, 3.05) is 47.5 Å². The van der Waals surface area contributed by atoms with Gasteiger partial charge in [-0.25, -0.2) is 0 Å². The van der Waals surface area contributed by atoms with Crippen molar-refractivity contribution in [1.82, 2.24) is 10.2 Å². The van der Waals surface area contributed by atoms with Crippen LogP contribution >= 0.6 is 24.0 Å². The van der Waals surface area contributed by atoms with Crippen LogP contribution in [0.15, 0.2) is 29.3 Å². The number of aliphatic imine (C=N–C) groups is 1. The van der Waals surface area contributed by atoms with E-state index < -0.39 is 0 Å². The smallest absolute Gasteiger partial charge is 0.193 e. The number of methoxy groups -OCH3 is 2. The minimum atomic E-state index is 0. The van der Waals surface area contributed by atoms with Crippen molar-refractivity contribution in [3.05, 3.63) is 24.3 Å². The number of likely N-dealkylation sites (tertiary alicyclic amines) is 1. The number of benzene rings is 1. The fourth-order valence-corrected chi connectivity index (χ4v) is 2.91. The summed E-state index contributed by atoms with van der Waals surface area (Å²) in [5.74, 6) is 3.11. The molecule has 0 bridgehead atoms. The minimum Gasteiger partial charge on any atom is -0.497 e. The Labute approximate surface area is 167 Å². The molecule has 0 aromatic heterocycles. The van der Waals surface area contributed by atoms with Gasteiger partial charge in [-0.1, -0.05) is 6.07 Å². The standard InChI is InChI=1S/C18H29N3O3.HI/c1-14(24-17-7-5-6-16(10-17)23-4)11-20-18(19-2)21-9-8-15(12-21)13-22-3;/h5-7,10,14-15H,8-9,11-13H2,1-4H3,(H,19,20);1H. The summed E-state index contributed by atoms with van der Waals surface area (Å²) < 4.78 is 16.4. The van der Waals surface area contributed by atoms with Crippen LogP contribution in [0.2, 0.25) is 0 Å². The van der Waals surface area contributed by atoms with E-state index in [1.54, 1.807) is 14.2 Å². The molecule has 1 heterocycles. The van der Waals surface area contributed by atoms with E-state index in [1.807, 2.05) is 38.2 Å². The molecule has 1 aliphatic rings. The van der Waals surface area contributed by atoms with Crippen LogP contribution in [-0.4, -0.2) is 64.5 Å². The molecule has 0 spiro atoms. The SMILES string of the molecule is CN=C(NCC(C)Oc1cccc(OC)c1)N1CCC(COC)C1.I. The number of nitrogens with one attached hydrogen (secondary N) is 1. The van der Waals surface area contributed by atoms with Crippen LogP contribution in [0.25, 0.3) is 0 Å². The van der Waals surface area contributed by atoms with E-state index in [0.29, 0.717) is 12.5 Å². The second-order valence-corrected chi connectivity index (χ2v) is 6.09. The maximum atomic E-state index is 5.94. The monoisotopic (exact) mass is 463 g/mol. The molecule has 7 heteroatoms. The molecule has 25 heavy (non-hydrogen) atoms. The molecular weight excluding hydrogens is 433 g/mol. The number of hydrogen-bond donors (Lipinski definition) is 1. The Morgan fingerprint density at radius 1 is 1.36 bits per heavy atom. The van der Waals surface area contributed by atoms with E-state index in [4.69, 9.17) is 14.2 Å². The van der Waals surface area contributed by atoms with E-state index in [1.165, 1.54) is 0 Å². The highest BCUT2D eigenvalue weighted by atomic mass is 127. The number of guanidine groups is 1. The van der Waals surface area contributed by atoms with Gasteiger partial charge in [0.15, 0.2) is 5.96 Å². The molecule has 1 fully saturated rings.